The second-order valence-electron chi connectivity index (χ2n) is 3.23. The Kier molecular flexibility index (Phi) is 11.3. The first kappa shape index (κ1) is 17.3. The van der Waals surface area contributed by atoms with Crippen LogP contribution in [0, 0.1) is 0 Å². The van der Waals surface area contributed by atoms with E-state index in [9.17, 15) is 4.79 Å². The van der Waals surface area contributed by atoms with Gasteiger partial charge in [0.1, 0.15) is 6.04 Å². The molecule has 94 valence electrons. The van der Waals surface area contributed by atoms with Crippen molar-refractivity contribution in [2.24, 2.45) is 16.5 Å². The van der Waals surface area contributed by atoms with Gasteiger partial charge in [0.25, 0.3) is 0 Å². The van der Waals surface area contributed by atoms with Gasteiger partial charge in [0.15, 0.2) is 0 Å². The zero-order valence-electron chi connectivity index (χ0n) is 9.43. The minimum atomic E-state index is -0.971. The number of amidine groups is 1. The molecule has 0 saturated heterocycles. The summed E-state index contributed by atoms with van der Waals surface area (Å²) in [6.07, 6.45) is 5.53. The Morgan fingerprint density at radius 3 is 2.69 bits per heavy atom. The van der Waals surface area contributed by atoms with E-state index < -0.39 is 12.0 Å². The van der Waals surface area contributed by atoms with E-state index in [1.807, 2.05) is 19.1 Å². The summed E-state index contributed by atoms with van der Waals surface area (Å²) < 4.78 is 0. The Morgan fingerprint density at radius 2 is 2.19 bits per heavy atom. The Bertz CT molecular complexity index is 254. The minimum Gasteiger partial charge on any atom is -0.480 e. The second-order valence-corrected chi connectivity index (χ2v) is 3.23. The molecule has 0 unspecified atom stereocenters. The van der Waals surface area contributed by atoms with E-state index in [1.165, 1.54) is 0 Å². The van der Waals surface area contributed by atoms with Crippen LogP contribution < -0.4 is 11.5 Å². The first-order valence-corrected chi connectivity index (χ1v) is 4.96. The maximum absolute atomic E-state index is 10.4. The van der Waals surface area contributed by atoms with E-state index in [1.54, 1.807) is 0 Å². The summed E-state index contributed by atoms with van der Waals surface area (Å²) in [5.74, 6) is -0.405. The van der Waals surface area contributed by atoms with Gasteiger partial charge in [-0.25, -0.2) is 0 Å². The zero-order valence-corrected chi connectivity index (χ0v) is 10.2. The third-order valence-corrected chi connectivity index (χ3v) is 1.87. The number of nitrogens with two attached hydrogens (primary N) is 2. The number of aliphatic imine (C=N–C) groups is 1. The predicted molar refractivity (Wildman–Crippen MR) is 68.0 cm³/mol. The fraction of sp³-hybridized carbons (Fsp3) is 0.600. The van der Waals surface area contributed by atoms with Crippen molar-refractivity contribution in [3.05, 3.63) is 12.2 Å². The van der Waals surface area contributed by atoms with Gasteiger partial charge in [-0.15, -0.1) is 12.4 Å². The molecule has 0 aliphatic rings. The fourth-order valence-corrected chi connectivity index (χ4v) is 0.960. The zero-order chi connectivity index (χ0) is 11.7. The molecule has 0 aromatic heterocycles. The maximum Gasteiger partial charge on any atom is 0.320 e. The number of nitrogens with zero attached hydrogens (tertiary/aromatic N) is 1. The third kappa shape index (κ3) is 9.48. The average molecular weight is 250 g/mol. The Hall–Kier alpha value is -1.07. The van der Waals surface area contributed by atoms with E-state index in [4.69, 9.17) is 16.6 Å². The van der Waals surface area contributed by atoms with E-state index >= 15 is 0 Å². The van der Waals surface area contributed by atoms with Crippen molar-refractivity contribution in [3.63, 3.8) is 0 Å². The lowest BCUT2D eigenvalue weighted by Crippen LogP contribution is -2.30. The SMILES string of the molecule is C/C=C/CC(N)=NCCC[C@H](N)C(=O)O.Cl. The lowest BCUT2D eigenvalue weighted by molar-refractivity contribution is -0.138. The molecule has 0 fully saturated rings. The van der Waals surface area contributed by atoms with Gasteiger partial charge < -0.3 is 16.6 Å². The molecule has 0 saturated carbocycles. The summed E-state index contributed by atoms with van der Waals surface area (Å²) in [7, 11) is 0. The third-order valence-electron chi connectivity index (χ3n) is 1.87. The van der Waals surface area contributed by atoms with E-state index in [2.05, 4.69) is 4.99 Å². The van der Waals surface area contributed by atoms with E-state index in [0.29, 0.717) is 31.6 Å². The maximum atomic E-state index is 10.4. The van der Waals surface area contributed by atoms with Crippen LogP contribution in [0.3, 0.4) is 0 Å². The fourth-order valence-electron chi connectivity index (χ4n) is 0.960. The number of allylic oxidation sites excluding steroid dienone is 1. The molecular weight excluding hydrogens is 230 g/mol. The van der Waals surface area contributed by atoms with Crippen molar-refractivity contribution in [1.29, 1.82) is 0 Å². The normalized spacial score (nSPS) is 13.5. The quantitative estimate of drug-likeness (QED) is 0.270. The molecule has 0 bridgehead atoms. The Balaban J connectivity index is 0. The molecule has 0 aromatic carbocycles. The van der Waals surface area contributed by atoms with Crippen LogP contribution in [-0.4, -0.2) is 29.5 Å². The van der Waals surface area contributed by atoms with Gasteiger partial charge in [0.2, 0.25) is 0 Å². The van der Waals surface area contributed by atoms with Crippen LogP contribution in [0.25, 0.3) is 0 Å². The van der Waals surface area contributed by atoms with Crippen LogP contribution in [0.1, 0.15) is 26.2 Å². The number of aliphatic carboxylic acids is 1. The van der Waals surface area contributed by atoms with Gasteiger partial charge in [-0.1, -0.05) is 12.2 Å². The predicted octanol–water partition coefficient (Wildman–Crippen LogP) is 0.924. The Labute approximate surface area is 102 Å². The highest BCUT2D eigenvalue weighted by Gasteiger charge is 2.09. The van der Waals surface area contributed by atoms with Crippen molar-refractivity contribution in [2.75, 3.05) is 6.54 Å². The van der Waals surface area contributed by atoms with Crippen LogP contribution >= 0.6 is 12.4 Å². The highest BCUT2D eigenvalue weighted by Crippen LogP contribution is 1.95. The highest BCUT2D eigenvalue weighted by molar-refractivity contribution is 5.85. The number of hydrogen-bond donors (Lipinski definition) is 3. The number of hydrogen-bond acceptors (Lipinski definition) is 3. The molecule has 5 nitrogen and oxygen atoms in total. The number of carbonyl (C=O) groups is 1. The summed E-state index contributed by atoms with van der Waals surface area (Å²) in [6.45, 7) is 2.45. The summed E-state index contributed by atoms with van der Waals surface area (Å²) in [5, 5.41) is 8.51. The van der Waals surface area contributed by atoms with Gasteiger partial charge in [-0.3, -0.25) is 9.79 Å². The molecule has 0 radical (unpaired) electrons. The van der Waals surface area contributed by atoms with Crippen LogP contribution in [0.15, 0.2) is 17.1 Å². The van der Waals surface area contributed by atoms with Crippen LogP contribution in [0.2, 0.25) is 0 Å². The van der Waals surface area contributed by atoms with Crippen molar-refractivity contribution >= 4 is 24.2 Å². The largest absolute Gasteiger partial charge is 0.480 e. The van der Waals surface area contributed by atoms with Gasteiger partial charge in [0, 0.05) is 13.0 Å². The van der Waals surface area contributed by atoms with Gasteiger partial charge >= 0.3 is 5.97 Å². The monoisotopic (exact) mass is 249 g/mol. The molecule has 6 heteroatoms. The van der Waals surface area contributed by atoms with Crippen molar-refractivity contribution < 1.29 is 9.90 Å². The lowest BCUT2D eigenvalue weighted by Gasteiger charge is -2.03. The van der Waals surface area contributed by atoms with Crippen molar-refractivity contribution in [3.8, 4) is 0 Å². The van der Waals surface area contributed by atoms with Crippen LogP contribution in [0.4, 0.5) is 0 Å². The summed E-state index contributed by atoms with van der Waals surface area (Å²) in [5.41, 5.74) is 10.9. The molecular formula is C10H20ClN3O2. The minimum absolute atomic E-state index is 0. The van der Waals surface area contributed by atoms with Crippen molar-refractivity contribution in [2.45, 2.75) is 32.2 Å². The van der Waals surface area contributed by atoms with E-state index in [-0.39, 0.29) is 12.4 Å². The molecule has 0 aliphatic heterocycles. The summed E-state index contributed by atoms with van der Waals surface area (Å²) in [4.78, 5) is 14.5. The van der Waals surface area contributed by atoms with Gasteiger partial charge in [-0.05, 0) is 19.8 Å². The molecule has 0 aromatic rings. The number of halogens is 1. The molecule has 5 N–H and O–H groups in total. The molecule has 1 atom stereocenters. The number of carboxylic acids is 1. The lowest BCUT2D eigenvalue weighted by atomic mass is 10.2. The van der Waals surface area contributed by atoms with Crippen LogP contribution in [0.5, 0.6) is 0 Å². The second kappa shape index (κ2) is 10.4. The van der Waals surface area contributed by atoms with Crippen LogP contribution in [-0.2, 0) is 4.79 Å². The first-order valence-electron chi connectivity index (χ1n) is 4.96. The van der Waals surface area contributed by atoms with Gasteiger partial charge in [-0.2, -0.15) is 0 Å². The summed E-state index contributed by atoms with van der Waals surface area (Å²) in [6, 6.07) is -0.794. The standard InChI is InChI=1S/C10H19N3O2.ClH/c1-2-3-6-9(12)13-7-4-5-8(11)10(14)15;/h2-3,8H,4-7,11H2,1H3,(H2,12,13)(H,14,15);1H/b3-2+;/t8-;/m0./s1. The smallest absolute Gasteiger partial charge is 0.320 e. The van der Waals surface area contributed by atoms with Gasteiger partial charge in [0.05, 0.1) is 5.84 Å². The van der Waals surface area contributed by atoms with E-state index in [0.717, 1.165) is 0 Å². The first-order chi connectivity index (χ1) is 7.07. The molecule has 0 spiro atoms. The highest BCUT2D eigenvalue weighted by atomic mass is 35.5. The summed E-state index contributed by atoms with van der Waals surface area (Å²) >= 11 is 0. The molecule has 0 heterocycles. The molecule has 0 aliphatic carbocycles. The topological polar surface area (TPSA) is 102 Å². The average Bonchev–Trinajstić information content (AvgIpc) is 2.20. The number of rotatable bonds is 7. The molecule has 0 amide bonds. The number of carboxylic acid groups (broad SMARTS) is 1. The van der Waals surface area contributed by atoms with Crippen molar-refractivity contribution in [1.82, 2.24) is 0 Å². The molecule has 0 rings (SSSR count). The Morgan fingerprint density at radius 1 is 1.56 bits per heavy atom. The molecule has 16 heavy (non-hydrogen) atoms.